The standard InChI is InChI=1S/C22H23N7OS/c1-14-13-15(2)24-21(23-14)31-20-8-7-19(26-27-20)28-11-9-16(10-12-28)29-18-6-4-3-5-17(18)25-22(29)30/h3-8,13,16H,9-12H2,1-2H3,(H,25,30). The summed E-state index contributed by atoms with van der Waals surface area (Å²) in [5.41, 5.74) is 3.71. The molecule has 4 aromatic rings. The van der Waals surface area contributed by atoms with Crippen LogP contribution in [0, 0.1) is 13.8 Å². The maximum absolute atomic E-state index is 12.5. The molecule has 0 radical (unpaired) electrons. The monoisotopic (exact) mass is 433 g/mol. The van der Waals surface area contributed by atoms with E-state index in [1.807, 2.05) is 60.9 Å². The van der Waals surface area contributed by atoms with E-state index >= 15 is 0 Å². The van der Waals surface area contributed by atoms with Crippen LogP contribution in [0.5, 0.6) is 0 Å². The Labute approximate surface area is 183 Å². The van der Waals surface area contributed by atoms with Gasteiger partial charge in [0, 0.05) is 30.5 Å². The number of nitrogens with zero attached hydrogens (tertiary/aromatic N) is 6. The van der Waals surface area contributed by atoms with Gasteiger partial charge in [0.15, 0.2) is 11.0 Å². The second-order valence-corrected chi connectivity index (χ2v) is 8.79. The lowest BCUT2D eigenvalue weighted by atomic mass is 10.0. The maximum Gasteiger partial charge on any atom is 0.326 e. The topological polar surface area (TPSA) is 92.6 Å². The van der Waals surface area contributed by atoms with Crippen LogP contribution in [-0.4, -0.2) is 42.8 Å². The van der Waals surface area contributed by atoms with Crippen molar-refractivity contribution in [1.29, 1.82) is 0 Å². The summed E-state index contributed by atoms with van der Waals surface area (Å²) in [5, 5.41) is 10.2. The second kappa shape index (κ2) is 8.14. The first-order valence-electron chi connectivity index (χ1n) is 10.3. The number of hydrogen-bond donors (Lipinski definition) is 1. The Morgan fingerprint density at radius 3 is 2.45 bits per heavy atom. The van der Waals surface area contributed by atoms with Crippen molar-refractivity contribution in [2.75, 3.05) is 18.0 Å². The van der Waals surface area contributed by atoms with Gasteiger partial charge in [0.25, 0.3) is 0 Å². The van der Waals surface area contributed by atoms with Crippen LogP contribution in [0.1, 0.15) is 30.3 Å². The molecule has 0 spiro atoms. The third-order valence-electron chi connectivity index (χ3n) is 5.56. The molecule has 1 saturated heterocycles. The van der Waals surface area contributed by atoms with Gasteiger partial charge in [-0.25, -0.2) is 14.8 Å². The van der Waals surface area contributed by atoms with Gasteiger partial charge in [0.2, 0.25) is 0 Å². The highest BCUT2D eigenvalue weighted by molar-refractivity contribution is 7.99. The van der Waals surface area contributed by atoms with Gasteiger partial charge in [-0.1, -0.05) is 12.1 Å². The minimum atomic E-state index is -0.0329. The SMILES string of the molecule is Cc1cc(C)nc(Sc2ccc(N3CCC(n4c(=O)[nH]c5ccccc54)CC3)nn2)n1. The molecule has 9 heteroatoms. The van der Waals surface area contributed by atoms with Crippen molar-refractivity contribution < 1.29 is 0 Å². The Bertz CT molecular complexity index is 1250. The van der Waals surface area contributed by atoms with Gasteiger partial charge in [0.05, 0.1) is 11.0 Å². The molecule has 0 unspecified atom stereocenters. The fourth-order valence-corrected chi connectivity index (χ4v) is 4.94. The Morgan fingerprint density at radius 2 is 1.74 bits per heavy atom. The third kappa shape index (κ3) is 4.05. The first-order valence-corrected chi connectivity index (χ1v) is 11.2. The van der Waals surface area contributed by atoms with Gasteiger partial charge in [0.1, 0.15) is 5.03 Å². The molecule has 1 aliphatic rings. The number of nitrogens with one attached hydrogen (secondary N) is 1. The minimum absolute atomic E-state index is 0.0329. The summed E-state index contributed by atoms with van der Waals surface area (Å²) in [6, 6.07) is 14.0. The zero-order valence-electron chi connectivity index (χ0n) is 17.4. The summed E-state index contributed by atoms with van der Waals surface area (Å²) >= 11 is 1.42. The number of aromatic amines is 1. The molecule has 0 amide bonds. The van der Waals surface area contributed by atoms with Crippen molar-refractivity contribution in [2.24, 2.45) is 0 Å². The van der Waals surface area contributed by atoms with Crippen molar-refractivity contribution >= 4 is 28.6 Å². The molecule has 0 saturated carbocycles. The number of benzene rings is 1. The summed E-state index contributed by atoms with van der Waals surface area (Å²) in [5.74, 6) is 0.857. The van der Waals surface area contributed by atoms with Crippen LogP contribution in [0.3, 0.4) is 0 Å². The fraction of sp³-hybridized carbons (Fsp3) is 0.318. The largest absolute Gasteiger partial charge is 0.355 e. The van der Waals surface area contributed by atoms with Crippen molar-refractivity contribution in [2.45, 2.75) is 42.9 Å². The number of anilines is 1. The van der Waals surface area contributed by atoms with Gasteiger partial charge < -0.3 is 9.88 Å². The molecule has 0 bridgehead atoms. The number of para-hydroxylation sites is 2. The van der Waals surface area contributed by atoms with Gasteiger partial charge in [-0.2, -0.15) is 0 Å². The van der Waals surface area contributed by atoms with E-state index in [0.717, 1.165) is 59.2 Å². The summed E-state index contributed by atoms with van der Waals surface area (Å²) in [4.78, 5) is 26.6. The van der Waals surface area contributed by atoms with Gasteiger partial charge in [-0.15, -0.1) is 10.2 Å². The van der Waals surface area contributed by atoms with E-state index in [-0.39, 0.29) is 11.7 Å². The number of aromatic nitrogens is 6. The predicted octanol–water partition coefficient (Wildman–Crippen LogP) is 3.52. The molecular weight excluding hydrogens is 410 g/mol. The molecule has 1 N–H and O–H groups in total. The predicted molar refractivity (Wildman–Crippen MR) is 121 cm³/mol. The van der Waals surface area contributed by atoms with Crippen LogP contribution in [-0.2, 0) is 0 Å². The average molecular weight is 434 g/mol. The van der Waals surface area contributed by atoms with Crippen LogP contribution in [0.4, 0.5) is 5.82 Å². The van der Waals surface area contributed by atoms with Gasteiger partial charge >= 0.3 is 5.69 Å². The van der Waals surface area contributed by atoms with Crippen molar-refractivity contribution in [1.82, 2.24) is 29.7 Å². The van der Waals surface area contributed by atoms with E-state index in [1.54, 1.807) is 0 Å². The normalized spacial score (nSPS) is 15.0. The highest BCUT2D eigenvalue weighted by Gasteiger charge is 2.24. The van der Waals surface area contributed by atoms with Gasteiger partial charge in [-0.3, -0.25) is 4.57 Å². The minimum Gasteiger partial charge on any atom is -0.355 e. The average Bonchev–Trinajstić information content (AvgIpc) is 3.09. The van der Waals surface area contributed by atoms with Crippen molar-refractivity contribution in [3.8, 4) is 0 Å². The third-order valence-corrected chi connectivity index (χ3v) is 6.35. The summed E-state index contributed by atoms with van der Waals surface area (Å²) in [7, 11) is 0. The lowest BCUT2D eigenvalue weighted by Gasteiger charge is -2.33. The first-order chi connectivity index (χ1) is 15.1. The number of piperidine rings is 1. The number of imidazole rings is 1. The fourth-order valence-electron chi connectivity index (χ4n) is 4.16. The van der Waals surface area contributed by atoms with Crippen LogP contribution in [0.15, 0.2) is 57.4 Å². The highest BCUT2D eigenvalue weighted by atomic mass is 32.2. The number of hydrogen-bond acceptors (Lipinski definition) is 7. The van der Waals surface area contributed by atoms with E-state index in [9.17, 15) is 4.79 Å². The number of aryl methyl sites for hydroxylation is 2. The van der Waals surface area contributed by atoms with E-state index in [0.29, 0.717) is 5.16 Å². The molecule has 158 valence electrons. The lowest BCUT2D eigenvalue weighted by molar-refractivity contribution is 0.394. The molecule has 8 nitrogen and oxygen atoms in total. The van der Waals surface area contributed by atoms with Crippen LogP contribution < -0.4 is 10.6 Å². The number of fused-ring (bicyclic) bond motifs is 1. The van der Waals surface area contributed by atoms with Crippen molar-refractivity contribution in [3.63, 3.8) is 0 Å². The summed E-state index contributed by atoms with van der Waals surface area (Å²) < 4.78 is 1.90. The van der Waals surface area contributed by atoms with Crippen molar-refractivity contribution in [3.05, 3.63) is 64.3 Å². The molecule has 1 aliphatic heterocycles. The molecule has 1 aromatic carbocycles. The Balaban J connectivity index is 1.26. The molecule has 4 heterocycles. The summed E-state index contributed by atoms with van der Waals surface area (Å²) in [6.45, 7) is 5.58. The number of rotatable bonds is 4. The second-order valence-electron chi connectivity index (χ2n) is 7.80. The highest BCUT2D eigenvalue weighted by Crippen LogP contribution is 2.28. The van der Waals surface area contributed by atoms with Crippen LogP contribution >= 0.6 is 11.8 Å². The first kappa shape index (κ1) is 19.7. The Hall–Kier alpha value is -3.20. The number of H-pyrrole nitrogens is 1. The molecule has 0 atom stereocenters. The van der Waals surface area contributed by atoms with E-state index in [4.69, 9.17) is 0 Å². The Morgan fingerprint density at radius 1 is 1.00 bits per heavy atom. The molecule has 3 aromatic heterocycles. The van der Waals surface area contributed by atoms with E-state index in [1.165, 1.54) is 11.8 Å². The van der Waals surface area contributed by atoms with Crippen LogP contribution in [0.25, 0.3) is 11.0 Å². The molecule has 1 fully saturated rings. The smallest absolute Gasteiger partial charge is 0.326 e. The van der Waals surface area contributed by atoms with Crippen LogP contribution in [0.2, 0.25) is 0 Å². The zero-order valence-corrected chi connectivity index (χ0v) is 18.3. The quantitative estimate of drug-likeness (QED) is 0.492. The van der Waals surface area contributed by atoms with Gasteiger partial charge in [-0.05, 0) is 68.8 Å². The summed E-state index contributed by atoms with van der Waals surface area (Å²) in [6.07, 6.45) is 1.77. The Kier molecular flexibility index (Phi) is 5.19. The lowest BCUT2D eigenvalue weighted by Crippen LogP contribution is -2.37. The molecule has 0 aliphatic carbocycles. The zero-order chi connectivity index (χ0) is 21.4. The van der Waals surface area contributed by atoms with E-state index < -0.39 is 0 Å². The molecule has 31 heavy (non-hydrogen) atoms. The van der Waals surface area contributed by atoms with E-state index in [2.05, 4.69) is 30.0 Å². The molecular formula is C22H23N7OS. The molecule has 5 rings (SSSR count). The maximum atomic E-state index is 12.5.